The zero-order valence-corrected chi connectivity index (χ0v) is 12.4. The monoisotopic (exact) mass is 288 g/mol. The van der Waals surface area contributed by atoms with E-state index in [2.05, 4.69) is 4.98 Å². The molecule has 0 N–H and O–H groups in total. The third-order valence-corrected chi connectivity index (χ3v) is 3.62. The van der Waals surface area contributed by atoms with Gasteiger partial charge in [-0.15, -0.1) is 0 Å². The fourth-order valence-corrected chi connectivity index (χ4v) is 2.50. The van der Waals surface area contributed by atoms with Gasteiger partial charge in [-0.1, -0.05) is 37.3 Å². The number of allylic oxidation sites excluding steroid dienone is 1. The summed E-state index contributed by atoms with van der Waals surface area (Å²) in [5.74, 6) is 0. The van der Waals surface area contributed by atoms with Crippen molar-refractivity contribution in [1.29, 1.82) is 0 Å². The van der Waals surface area contributed by atoms with Crippen LogP contribution in [0.2, 0.25) is 0 Å². The molecule has 3 rings (SSSR count). The maximum atomic E-state index is 11.5. The number of nitrogens with zero attached hydrogens (tertiary/aromatic N) is 2. The van der Waals surface area contributed by atoms with Gasteiger partial charge in [0.2, 0.25) is 0 Å². The summed E-state index contributed by atoms with van der Waals surface area (Å²) in [6.07, 6.45) is 3.28. The highest BCUT2D eigenvalue weighted by Gasteiger charge is 2.13. The first-order chi connectivity index (χ1) is 10.8. The minimum atomic E-state index is 0.643. The van der Waals surface area contributed by atoms with Crippen LogP contribution in [0.3, 0.4) is 0 Å². The Labute approximate surface area is 129 Å². The summed E-state index contributed by atoms with van der Waals surface area (Å²) >= 11 is 0. The second-order valence-corrected chi connectivity index (χ2v) is 4.98. The average Bonchev–Trinajstić information content (AvgIpc) is 2.60. The maximum absolute atomic E-state index is 11.5. The third kappa shape index (κ3) is 2.66. The molecule has 0 bridgehead atoms. The van der Waals surface area contributed by atoms with E-state index in [9.17, 15) is 4.79 Å². The Balaban J connectivity index is 2.24. The lowest BCUT2D eigenvalue weighted by Gasteiger charge is -2.10. The van der Waals surface area contributed by atoms with Crippen LogP contribution < -0.4 is 0 Å². The smallest absolute Gasteiger partial charge is 0.146 e. The minimum Gasteiger partial charge on any atom is -0.298 e. The Morgan fingerprint density at radius 3 is 2.55 bits per heavy atom. The summed E-state index contributed by atoms with van der Waals surface area (Å²) in [5.41, 5.74) is 3.98. The number of rotatable bonds is 4. The lowest BCUT2D eigenvalue weighted by Crippen LogP contribution is -2.00. The minimum absolute atomic E-state index is 0.643. The van der Waals surface area contributed by atoms with Crippen LogP contribution in [0.1, 0.15) is 24.7 Å². The van der Waals surface area contributed by atoms with Crippen LogP contribution in [0.25, 0.3) is 16.5 Å². The SMILES string of the molecule is CCC(C=O)=C(c1ccccn1)c1ccc2ccccc2n1. The second kappa shape index (κ2) is 6.31. The number of pyridine rings is 2. The molecule has 0 saturated heterocycles. The second-order valence-electron chi connectivity index (χ2n) is 4.98. The van der Waals surface area contributed by atoms with Crippen molar-refractivity contribution in [1.82, 2.24) is 9.97 Å². The van der Waals surface area contributed by atoms with Gasteiger partial charge in [-0.2, -0.15) is 0 Å². The molecule has 0 saturated carbocycles. The van der Waals surface area contributed by atoms with Gasteiger partial charge in [-0.25, -0.2) is 4.98 Å². The molecule has 3 nitrogen and oxygen atoms in total. The molecule has 0 unspecified atom stereocenters. The van der Waals surface area contributed by atoms with E-state index >= 15 is 0 Å². The molecule has 3 heteroatoms. The molecule has 0 aliphatic carbocycles. The van der Waals surface area contributed by atoms with Crippen LogP contribution in [0.15, 0.2) is 66.4 Å². The van der Waals surface area contributed by atoms with E-state index in [1.807, 2.05) is 61.5 Å². The van der Waals surface area contributed by atoms with Gasteiger partial charge in [-0.05, 0) is 30.7 Å². The van der Waals surface area contributed by atoms with Crippen molar-refractivity contribution in [3.05, 3.63) is 77.8 Å². The van der Waals surface area contributed by atoms with Crippen molar-refractivity contribution in [3.63, 3.8) is 0 Å². The average molecular weight is 288 g/mol. The van der Waals surface area contributed by atoms with E-state index < -0.39 is 0 Å². The number of hydrogen-bond acceptors (Lipinski definition) is 3. The van der Waals surface area contributed by atoms with Crippen molar-refractivity contribution in [3.8, 4) is 0 Å². The molecule has 0 fully saturated rings. The van der Waals surface area contributed by atoms with E-state index in [1.54, 1.807) is 6.20 Å². The van der Waals surface area contributed by atoms with Gasteiger partial charge in [0.25, 0.3) is 0 Å². The van der Waals surface area contributed by atoms with Gasteiger partial charge in [0, 0.05) is 22.7 Å². The molecule has 2 heterocycles. The predicted molar refractivity (Wildman–Crippen MR) is 88.4 cm³/mol. The highest BCUT2D eigenvalue weighted by molar-refractivity contribution is 5.94. The molecule has 0 aliphatic rings. The van der Waals surface area contributed by atoms with Crippen LogP contribution in [0.5, 0.6) is 0 Å². The molecule has 108 valence electrons. The Bertz CT molecular complexity index is 838. The van der Waals surface area contributed by atoms with Crippen molar-refractivity contribution < 1.29 is 4.79 Å². The van der Waals surface area contributed by atoms with Gasteiger partial charge < -0.3 is 0 Å². The van der Waals surface area contributed by atoms with Crippen LogP contribution in [-0.2, 0) is 4.79 Å². The number of fused-ring (bicyclic) bond motifs is 1. The number of carbonyl (C=O) groups excluding carboxylic acids is 1. The summed E-state index contributed by atoms with van der Waals surface area (Å²) in [7, 11) is 0. The van der Waals surface area contributed by atoms with E-state index in [0.717, 1.165) is 34.2 Å². The fourth-order valence-electron chi connectivity index (χ4n) is 2.50. The largest absolute Gasteiger partial charge is 0.298 e. The molecule has 22 heavy (non-hydrogen) atoms. The molecular weight excluding hydrogens is 272 g/mol. The summed E-state index contributed by atoms with van der Waals surface area (Å²) < 4.78 is 0. The van der Waals surface area contributed by atoms with Crippen molar-refractivity contribution in [2.45, 2.75) is 13.3 Å². The molecule has 0 aliphatic heterocycles. The molecule has 3 aromatic rings. The van der Waals surface area contributed by atoms with Crippen LogP contribution in [0.4, 0.5) is 0 Å². The lowest BCUT2D eigenvalue weighted by molar-refractivity contribution is -0.104. The van der Waals surface area contributed by atoms with Gasteiger partial charge in [0.05, 0.1) is 16.9 Å². The lowest BCUT2D eigenvalue weighted by atomic mass is 9.99. The zero-order valence-electron chi connectivity index (χ0n) is 12.4. The summed E-state index contributed by atoms with van der Waals surface area (Å²) in [6, 6.07) is 17.6. The molecule has 1 aromatic carbocycles. The topological polar surface area (TPSA) is 42.9 Å². The number of benzene rings is 1. The number of aldehydes is 1. The van der Waals surface area contributed by atoms with Gasteiger partial charge >= 0.3 is 0 Å². The van der Waals surface area contributed by atoms with Gasteiger partial charge in [-0.3, -0.25) is 9.78 Å². The fraction of sp³-hybridized carbons (Fsp3) is 0.105. The highest BCUT2D eigenvalue weighted by atomic mass is 16.1. The number of aromatic nitrogens is 2. The van der Waals surface area contributed by atoms with Gasteiger partial charge in [0.15, 0.2) is 0 Å². The van der Waals surface area contributed by atoms with E-state index in [0.29, 0.717) is 12.0 Å². The first kappa shape index (κ1) is 14.1. The van der Waals surface area contributed by atoms with E-state index in [-0.39, 0.29) is 0 Å². The van der Waals surface area contributed by atoms with Crippen molar-refractivity contribution in [2.24, 2.45) is 0 Å². The Morgan fingerprint density at radius 1 is 1.00 bits per heavy atom. The Hall–Kier alpha value is -2.81. The van der Waals surface area contributed by atoms with E-state index in [4.69, 9.17) is 4.98 Å². The molecular formula is C19H16N2O. The normalized spacial score (nSPS) is 12.0. The van der Waals surface area contributed by atoms with Crippen molar-refractivity contribution in [2.75, 3.05) is 0 Å². The van der Waals surface area contributed by atoms with Crippen LogP contribution in [0, 0.1) is 0 Å². The molecule has 0 spiro atoms. The molecule has 0 atom stereocenters. The zero-order chi connectivity index (χ0) is 15.4. The first-order valence-electron chi connectivity index (χ1n) is 7.29. The molecule has 0 radical (unpaired) electrons. The number of para-hydroxylation sites is 1. The standard InChI is InChI=1S/C19H16N2O/c1-2-14(13-22)19(17-9-5-6-12-20-17)18-11-10-15-7-3-4-8-16(15)21-18/h3-13H,2H2,1H3. The first-order valence-corrected chi connectivity index (χ1v) is 7.29. The van der Waals surface area contributed by atoms with E-state index in [1.165, 1.54) is 0 Å². The number of hydrogen-bond donors (Lipinski definition) is 0. The quantitative estimate of drug-likeness (QED) is 0.537. The summed E-state index contributed by atoms with van der Waals surface area (Å²) in [5, 5.41) is 1.08. The summed E-state index contributed by atoms with van der Waals surface area (Å²) in [6.45, 7) is 1.97. The van der Waals surface area contributed by atoms with Crippen LogP contribution >= 0.6 is 0 Å². The Kier molecular flexibility index (Phi) is 4.05. The third-order valence-electron chi connectivity index (χ3n) is 3.62. The predicted octanol–water partition coefficient (Wildman–Crippen LogP) is 4.04. The molecule has 2 aromatic heterocycles. The summed E-state index contributed by atoms with van der Waals surface area (Å²) in [4.78, 5) is 20.6. The maximum Gasteiger partial charge on any atom is 0.146 e. The van der Waals surface area contributed by atoms with Gasteiger partial charge in [0.1, 0.15) is 6.29 Å². The number of carbonyl (C=O) groups is 1. The van der Waals surface area contributed by atoms with Crippen LogP contribution in [-0.4, -0.2) is 16.3 Å². The highest BCUT2D eigenvalue weighted by Crippen LogP contribution is 2.26. The Morgan fingerprint density at radius 2 is 1.82 bits per heavy atom. The molecule has 0 amide bonds. The van der Waals surface area contributed by atoms with Crippen molar-refractivity contribution >= 4 is 22.8 Å².